The van der Waals surface area contributed by atoms with Gasteiger partial charge in [0.05, 0.1) is 12.1 Å². The molecule has 2 aromatic rings. The summed E-state index contributed by atoms with van der Waals surface area (Å²) < 4.78 is 5.06. The number of urea groups is 1. The summed E-state index contributed by atoms with van der Waals surface area (Å²) in [6, 6.07) is 3.87. The molecule has 1 saturated carbocycles. The third-order valence-electron chi connectivity index (χ3n) is 5.00. The first-order chi connectivity index (χ1) is 13.3. The molecule has 0 bridgehead atoms. The topological polar surface area (TPSA) is 116 Å². The molecule has 0 radical (unpaired) electrons. The van der Waals surface area contributed by atoms with Gasteiger partial charge in [-0.3, -0.25) is 9.89 Å². The maximum Gasteiger partial charge on any atom is 0.317 e. The Labute approximate surface area is 164 Å². The van der Waals surface area contributed by atoms with Gasteiger partial charge in [0.1, 0.15) is 5.76 Å². The molecule has 3 amide bonds. The van der Waals surface area contributed by atoms with E-state index in [9.17, 15) is 9.59 Å². The van der Waals surface area contributed by atoms with Crippen molar-refractivity contribution in [3.8, 4) is 0 Å². The summed E-state index contributed by atoms with van der Waals surface area (Å²) in [6.07, 6.45) is 2.90. The quantitative estimate of drug-likeness (QED) is 0.703. The normalized spacial score (nSPS) is 19.0. The zero-order valence-electron chi connectivity index (χ0n) is 16.8. The molecule has 3 N–H and O–H groups in total. The highest BCUT2D eigenvalue weighted by Gasteiger charge is 2.32. The Bertz CT molecular complexity index is 827. The van der Waals surface area contributed by atoms with Crippen molar-refractivity contribution in [2.75, 3.05) is 12.4 Å². The molecule has 0 unspecified atom stereocenters. The van der Waals surface area contributed by atoms with Crippen LogP contribution in [-0.4, -0.2) is 51.3 Å². The predicted octanol–water partition coefficient (Wildman–Crippen LogP) is 2.57. The van der Waals surface area contributed by atoms with Crippen molar-refractivity contribution in [3.63, 3.8) is 0 Å². The van der Waals surface area contributed by atoms with Crippen LogP contribution in [0.2, 0.25) is 0 Å². The van der Waals surface area contributed by atoms with Gasteiger partial charge in [0.15, 0.2) is 5.82 Å². The summed E-state index contributed by atoms with van der Waals surface area (Å²) in [5, 5.41) is 16.7. The molecule has 1 fully saturated rings. The van der Waals surface area contributed by atoms with E-state index in [0.717, 1.165) is 30.7 Å². The van der Waals surface area contributed by atoms with E-state index in [1.807, 2.05) is 33.9 Å². The lowest BCUT2D eigenvalue weighted by molar-refractivity contribution is -0.115. The summed E-state index contributed by atoms with van der Waals surface area (Å²) in [4.78, 5) is 26.1. The van der Waals surface area contributed by atoms with Gasteiger partial charge < -0.3 is 20.1 Å². The van der Waals surface area contributed by atoms with Crippen LogP contribution >= 0.6 is 0 Å². The third-order valence-corrected chi connectivity index (χ3v) is 5.00. The van der Waals surface area contributed by atoms with Crippen molar-refractivity contribution in [2.45, 2.75) is 64.5 Å². The second kappa shape index (κ2) is 8.45. The summed E-state index contributed by atoms with van der Waals surface area (Å²) in [5.41, 5.74) is 1.72. The number of hydrogen-bond acceptors (Lipinski definition) is 5. The van der Waals surface area contributed by atoms with E-state index in [2.05, 4.69) is 26.0 Å². The molecule has 1 aliphatic rings. The van der Waals surface area contributed by atoms with Crippen LogP contribution in [0.3, 0.4) is 0 Å². The summed E-state index contributed by atoms with van der Waals surface area (Å²) >= 11 is 0. The fourth-order valence-corrected chi connectivity index (χ4v) is 3.56. The van der Waals surface area contributed by atoms with Gasteiger partial charge >= 0.3 is 6.03 Å². The van der Waals surface area contributed by atoms with E-state index < -0.39 is 0 Å². The average Bonchev–Trinajstić information content (AvgIpc) is 3.34. The fourth-order valence-electron chi connectivity index (χ4n) is 3.56. The molecule has 3 rings (SSSR count). The molecular formula is C19H28N6O3. The van der Waals surface area contributed by atoms with Crippen LogP contribution in [-0.2, 0) is 11.2 Å². The minimum Gasteiger partial charge on any atom is -0.361 e. The van der Waals surface area contributed by atoms with Crippen molar-refractivity contribution < 1.29 is 14.1 Å². The second-order valence-electron chi connectivity index (χ2n) is 7.75. The molecule has 28 heavy (non-hydrogen) atoms. The first-order valence-electron chi connectivity index (χ1n) is 9.62. The first kappa shape index (κ1) is 19.9. The van der Waals surface area contributed by atoms with Crippen molar-refractivity contribution in [1.82, 2.24) is 25.6 Å². The summed E-state index contributed by atoms with van der Waals surface area (Å²) in [6.45, 7) is 5.71. The fraction of sp³-hybridized carbons (Fsp3) is 0.579. The van der Waals surface area contributed by atoms with Crippen molar-refractivity contribution in [1.29, 1.82) is 0 Å². The average molecular weight is 388 g/mol. The van der Waals surface area contributed by atoms with E-state index >= 15 is 0 Å². The van der Waals surface area contributed by atoms with Crippen LogP contribution in [0.4, 0.5) is 10.6 Å². The second-order valence-corrected chi connectivity index (χ2v) is 7.75. The van der Waals surface area contributed by atoms with E-state index in [0.29, 0.717) is 11.6 Å². The number of aryl methyl sites for hydroxylation is 1. The minimum atomic E-state index is -0.205. The van der Waals surface area contributed by atoms with Crippen LogP contribution in [0, 0.1) is 6.92 Å². The minimum absolute atomic E-state index is 0.0409. The molecule has 9 heteroatoms. The number of nitrogens with zero attached hydrogens (tertiary/aromatic N) is 3. The van der Waals surface area contributed by atoms with Gasteiger partial charge in [-0.1, -0.05) is 5.16 Å². The van der Waals surface area contributed by atoms with Gasteiger partial charge in [0, 0.05) is 42.9 Å². The standard InChI is InChI=1S/C19H28N6O3/c1-11(2)20-19(27)25(4)14-6-5-13(8-14)16-10-17(23-22-16)21-18(26)9-15-7-12(3)24-28-15/h7,10-11,13-14H,5-6,8-9H2,1-4H3,(H,20,27)(H2,21,22,23,26)/t13-,14-/m0/s1. The number of anilines is 1. The Morgan fingerprint density at radius 3 is 2.82 bits per heavy atom. The van der Waals surface area contributed by atoms with Gasteiger partial charge in [-0.25, -0.2) is 4.79 Å². The van der Waals surface area contributed by atoms with Gasteiger partial charge in [0.2, 0.25) is 5.91 Å². The van der Waals surface area contributed by atoms with Crippen molar-refractivity contribution in [3.05, 3.63) is 29.3 Å². The summed E-state index contributed by atoms with van der Waals surface area (Å²) in [7, 11) is 1.84. The molecule has 9 nitrogen and oxygen atoms in total. The molecular weight excluding hydrogens is 360 g/mol. The molecule has 0 saturated heterocycles. The van der Waals surface area contributed by atoms with Crippen molar-refractivity contribution >= 4 is 17.8 Å². The molecule has 0 spiro atoms. The number of carbonyl (C=O) groups is 2. The maximum absolute atomic E-state index is 12.2. The number of H-pyrrole nitrogens is 1. The Morgan fingerprint density at radius 1 is 1.36 bits per heavy atom. The first-order valence-corrected chi connectivity index (χ1v) is 9.62. The molecule has 152 valence electrons. The number of carbonyl (C=O) groups excluding carboxylic acids is 2. The van der Waals surface area contributed by atoms with Gasteiger partial charge in [0.25, 0.3) is 0 Å². The number of aromatic amines is 1. The Kier molecular flexibility index (Phi) is 6.01. The lowest BCUT2D eigenvalue weighted by Crippen LogP contribution is -2.45. The maximum atomic E-state index is 12.2. The van der Waals surface area contributed by atoms with E-state index in [4.69, 9.17) is 4.52 Å². The van der Waals surface area contributed by atoms with Crippen LogP contribution < -0.4 is 10.6 Å². The molecule has 2 aromatic heterocycles. The smallest absolute Gasteiger partial charge is 0.317 e. The van der Waals surface area contributed by atoms with Gasteiger partial charge in [-0.15, -0.1) is 0 Å². The molecule has 0 aromatic carbocycles. The highest BCUT2D eigenvalue weighted by Crippen LogP contribution is 2.36. The van der Waals surface area contributed by atoms with E-state index in [1.54, 1.807) is 11.0 Å². The predicted molar refractivity (Wildman–Crippen MR) is 104 cm³/mol. The molecule has 1 aliphatic carbocycles. The zero-order valence-corrected chi connectivity index (χ0v) is 16.8. The Hall–Kier alpha value is -2.84. The lowest BCUT2D eigenvalue weighted by atomic mass is 10.0. The number of rotatable bonds is 6. The van der Waals surface area contributed by atoms with E-state index in [-0.39, 0.29) is 36.4 Å². The van der Waals surface area contributed by atoms with Crippen LogP contribution in [0.15, 0.2) is 16.7 Å². The largest absolute Gasteiger partial charge is 0.361 e. The van der Waals surface area contributed by atoms with Gasteiger partial charge in [-0.05, 0) is 40.0 Å². The Morgan fingerprint density at radius 2 is 2.14 bits per heavy atom. The van der Waals surface area contributed by atoms with Gasteiger partial charge in [-0.2, -0.15) is 5.10 Å². The number of nitrogens with one attached hydrogen (secondary N) is 3. The number of aromatic nitrogens is 3. The Balaban J connectivity index is 1.52. The molecule has 2 atom stereocenters. The third kappa shape index (κ3) is 4.90. The van der Waals surface area contributed by atoms with Crippen LogP contribution in [0.5, 0.6) is 0 Å². The summed E-state index contributed by atoms with van der Waals surface area (Å²) in [5.74, 6) is 1.09. The SMILES string of the molecule is Cc1cc(CC(=O)Nc2cc([C@H]3CC[C@H](N(C)C(=O)NC(C)C)C3)[nH]n2)on1. The monoisotopic (exact) mass is 388 g/mol. The molecule has 0 aliphatic heterocycles. The van der Waals surface area contributed by atoms with E-state index in [1.165, 1.54) is 0 Å². The number of amides is 3. The number of hydrogen-bond donors (Lipinski definition) is 3. The van der Waals surface area contributed by atoms with Crippen LogP contribution in [0.1, 0.15) is 56.2 Å². The highest BCUT2D eigenvalue weighted by molar-refractivity contribution is 5.91. The lowest BCUT2D eigenvalue weighted by Gasteiger charge is -2.26. The van der Waals surface area contributed by atoms with Crippen molar-refractivity contribution in [2.24, 2.45) is 0 Å². The van der Waals surface area contributed by atoms with Crippen LogP contribution in [0.25, 0.3) is 0 Å². The zero-order chi connectivity index (χ0) is 20.3. The molecule has 2 heterocycles. The highest BCUT2D eigenvalue weighted by atomic mass is 16.5.